The van der Waals surface area contributed by atoms with Crippen molar-refractivity contribution in [2.75, 3.05) is 19.0 Å². The van der Waals surface area contributed by atoms with Gasteiger partial charge < -0.3 is 4.90 Å². The van der Waals surface area contributed by atoms with Crippen molar-refractivity contribution in [2.24, 2.45) is 0 Å². The molecule has 0 aliphatic rings. The molecule has 0 aromatic heterocycles. The van der Waals surface area contributed by atoms with Crippen LogP contribution < -0.4 is 4.90 Å². The zero-order valence-corrected chi connectivity index (χ0v) is 11.2. The van der Waals surface area contributed by atoms with Crippen molar-refractivity contribution in [1.82, 2.24) is 0 Å². The van der Waals surface area contributed by atoms with Gasteiger partial charge in [-0.3, -0.25) is 0 Å². The van der Waals surface area contributed by atoms with Crippen LogP contribution in [0.15, 0.2) is 25.3 Å². The first kappa shape index (κ1) is 14.5. The summed E-state index contributed by atoms with van der Waals surface area (Å²) >= 11 is 0. The summed E-state index contributed by atoms with van der Waals surface area (Å²) in [7, 11) is 4.06. The number of aryl methyl sites for hydroxylation is 1. The lowest BCUT2D eigenvalue weighted by Crippen LogP contribution is -2.11. The predicted octanol–water partition coefficient (Wildman–Crippen LogP) is 4.37. The molecule has 1 aromatic rings. The van der Waals surface area contributed by atoms with Crippen LogP contribution in [0.1, 0.15) is 30.5 Å². The number of anilines is 1. The third-order valence-electron chi connectivity index (χ3n) is 2.37. The van der Waals surface area contributed by atoms with Gasteiger partial charge in [0.05, 0.1) is 0 Å². The van der Waals surface area contributed by atoms with Gasteiger partial charge in [0.25, 0.3) is 0 Å². The van der Waals surface area contributed by atoms with Crippen molar-refractivity contribution < 1.29 is 0 Å². The minimum absolute atomic E-state index is 1.16. The van der Waals surface area contributed by atoms with Crippen LogP contribution in [0, 0.1) is 6.92 Å². The van der Waals surface area contributed by atoms with Crippen molar-refractivity contribution >= 4 is 17.8 Å². The molecule has 1 rings (SSSR count). The highest BCUT2D eigenvalue weighted by Crippen LogP contribution is 2.27. The van der Waals surface area contributed by atoms with E-state index in [4.69, 9.17) is 0 Å². The molecule has 0 N–H and O–H groups in total. The van der Waals surface area contributed by atoms with E-state index >= 15 is 0 Å². The van der Waals surface area contributed by atoms with Gasteiger partial charge in [0.15, 0.2) is 0 Å². The molecule has 16 heavy (non-hydrogen) atoms. The summed E-state index contributed by atoms with van der Waals surface area (Å²) in [5.41, 5.74) is 4.75. The molecule has 0 saturated heterocycles. The fourth-order valence-electron chi connectivity index (χ4n) is 1.61. The topological polar surface area (TPSA) is 3.24 Å². The highest BCUT2D eigenvalue weighted by atomic mass is 15.1. The maximum Gasteiger partial charge on any atom is 0.0440 e. The van der Waals surface area contributed by atoms with E-state index in [2.05, 4.69) is 37.1 Å². The van der Waals surface area contributed by atoms with Gasteiger partial charge in [0.1, 0.15) is 0 Å². The fraction of sp³-hybridized carbons (Fsp3) is 0.333. The Morgan fingerprint density at radius 2 is 1.50 bits per heavy atom. The predicted molar refractivity (Wildman–Crippen MR) is 77.0 cm³/mol. The maximum absolute atomic E-state index is 3.85. The SMILES string of the molecule is C=Cc1c(C)ccc(N(C)C)c1C=C.CC. The van der Waals surface area contributed by atoms with E-state index in [1.54, 1.807) is 0 Å². The van der Waals surface area contributed by atoms with Gasteiger partial charge in [0, 0.05) is 25.3 Å². The Hall–Kier alpha value is -1.50. The minimum atomic E-state index is 1.16. The Labute approximate surface area is 100 Å². The van der Waals surface area contributed by atoms with E-state index in [1.165, 1.54) is 16.8 Å². The molecule has 0 bridgehead atoms. The van der Waals surface area contributed by atoms with Gasteiger partial charge in [-0.15, -0.1) is 0 Å². The second kappa shape index (κ2) is 6.89. The van der Waals surface area contributed by atoms with Crippen LogP contribution in [0.4, 0.5) is 5.69 Å². The van der Waals surface area contributed by atoms with Crippen LogP contribution in [0.5, 0.6) is 0 Å². The second-order valence-electron chi connectivity index (χ2n) is 3.53. The van der Waals surface area contributed by atoms with Crippen molar-refractivity contribution in [1.29, 1.82) is 0 Å². The van der Waals surface area contributed by atoms with Gasteiger partial charge in [-0.2, -0.15) is 0 Å². The molecule has 0 radical (unpaired) electrons. The normalized spacial score (nSPS) is 8.81. The lowest BCUT2D eigenvalue weighted by Gasteiger charge is -2.18. The Bertz CT molecular complexity index is 362. The van der Waals surface area contributed by atoms with E-state index in [1.807, 2.05) is 40.1 Å². The highest BCUT2D eigenvalue weighted by Gasteiger charge is 2.06. The maximum atomic E-state index is 3.85. The molecular formula is C15H23N. The molecule has 88 valence electrons. The van der Waals surface area contributed by atoms with Crippen LogP contribution in [0.2, 0.25) is 0 Å². The standard InChI is InChI=1S/C13H17N.C2H6/c1-6-11-10(3)8-9-13(14(4)5)12(11)7-2;1-2/h6-9H,1-2H2,3-5H3;1-2H3. The molecule has 0 fully saturated rings. The van der Waals surface area contributed by atoms with Crippen LogP contribution in [-0.2, 0) is 0 Å². The van der Waals surface area contributed by atoms with E-state index in [-0.39, 0.29) is 0 Å². The lowest BCUT2D eigenvalue weighted by molar-refractivity contribution is 1.12. The van der Waals surface area contributed by atoms with E-state index < -0.39 is 0 Å². The first-order valence-electron chi connectivity index (χ1n) is 5.67. The summed E-state index contributed by atoms with van der Waals surface area (Å²) in [4.78, 5) is 2.09. The molecule has 1 heteroatoms. The highest BCUT2D eigenvalue weighted by molar-refractivity contribution is 5.77. The largest absolute Gasteiger partial charge is 0.377 e. The van der Waals surface area contributed by atoms with Gasteiger partial charge in [-0.1, -0.05) is 45.2 Å². The summed E-state index contributed by atoms with van der Waals surface area (Å²) in [6.07, 6.45) is 3.78. The van der Waals surface area contributed by atoms with E-state index in [0.717, 1.165) is 5.56 Å². The first-order chi connectivity index (χ1) is 7.61. The van der Waals surface area contributed by atoms with Gasteiger partial charge in [0.2, 0.25) is 0 Å². The summed E-state index contributed by atoms with van der Waals surface area (Å²) < 4.78 is 0. The smallest absolute Gasteiger partial charge is 0.0440 e. The molecule has 0 aliphatic carbocycles. The van der Waals surface area contributed by atoms with Crippen molar-refractivity contribution in [3.05, 3.63) is 42.0 Å². The number of hydrogen-bond donors (Lipinski definition) is 0. The molecule has 0 unspecified atom stereocenters. The van der Waals surface area contributed by atoms with E-state index in [9.17, 15) is 0 Å². The van der Waals surface area contributed by atoms with Crippen LogP contribution in [0.25, 0.3) is 12.2 Å². The number of nitrogens with zero attached hydrogens (tertiary/aromatic N) is 1. The van der Waals surface area contributed by atoms with E-state index in [0.29, 0.717) is 0 Å². The van der Waals surface area contributed by atoms with Gasteiger partial charge >= 0.3 is 0 Å². The van der Waals surface area contributed by atoms with Crippen molar-refractivity contribution in [3.8, 4) is 0 Å². The molecule has 0 aliphatic heterocycles. The summed E-state index contributed by atoms with van der Waals surface area (Å²) in [5, 5.41) is 0. The molecule has 0 atom stereocenters. The number of benzene rings is 1. The molecule has 0 amide bonds. The number of rotatable bonds is 3. The van der Waals surface area contributed by atoms with Gasteiger partial charge in [-0.25, -0.2) is 0 Å². The van der Waals surface area contributed by atoms with Crippen LogP contribution in [-0.4, -0.2) is 14.1 Å². The first-order valence-corrected chi connectivity index (χ1v) is 5.67. The molecule has 0 heterocycles. The molecule has 1 aromatic carbocycles. The lowest BCUT2D eigenvalue weighted by atomic mass is 9.99. The Morgan fingerprint density at radius 1 is 1.00 bits per heavy atom. The van der Waals surface area contributed by atoms with Crippen LogP contribution in [0.3, 0.4) is 0 Å². The monoisotopic (exact) mass is 217 g/mol. The Morgan fingerprint density at radius 3 is 1.88 bits per heavy atom. The minimum Gasteiger partial charge on any atom is -0.377 e. The zero-order valence-electron chi connectivity index (χ0n) is 11.2. The number of hydrogen-bond acceptors (Lipinski definition) is 1. The Kier molecular flexibility index (Phi) is 6.24. The molecule has 0 spiro atoms. The Balaban J connectivity index is 0.00000106. The quantitative estimate of drug-likeness (QED) is 0.726. The van der Waals surface area contributed by atoms with Crippen LogP contribution >= 0.6 is 0 Å². The summed E-state index contributed by atoms with van der Waals surface area (Å²) in [6, 6.07) is 4.22. The second-order valence-corrected chi connectivity index (χ2v) is 3.53. The molecular weight excluding hydrogens is 194 g/mol. The molecule has 0 saturated carbocycles. The van der Waals surface area contributed by atoms with Crippen molar-refractivity contribution in [2.45, 2.75) is 20.8 Å². The fourth-order valence-corrected chi connectivity index (χ4v) is 1.61. The summed E-state index contributed by atoms with van der Waals surface area (Å²) in [6.45, 7) is 13.8. The average Bonchev–Trinajstić information content (AvgIpc) is 2.30. The summed E-state index contributed by atoms with van der Waals surface area (Å²) in [5.74, 6) is 0. The van der Waals surface area contributed by atoms with Crippen molar-refractivity contribution in [3.63, 3.8) is 0 Å². The third-order valence-corrected chi connectivity index (χ3v) is 2.37. The van der Waals surface area contributed by atoms with Gasteiger partial charge in [-0.05, 0) is 24.1 Å². The zero-order chi connectivity index (χ0) is 12.7. The molecule has 1 nitrogen and oxygen atoms in total. The third kappa shape index (κ3) is 2.99. The average molecular weight is 217 g/mol.